The predicted molar refractivity (Wildman–Crippen MR) is 88.7 cm³/mol. The summed E-state index contributed by atoms with van der Waals surface area (Å²) in [5.41, 5.74) is 11.1. The summed E-state index contributed by atoms with van der Waals surface area (Å²) >= 11 is 1.67. The van der Waals surface area contributed by atoms with Crippen LogP contribution in [-0.2, 0) is 20.0 Å². The number of hydrogen-bond donors (Lipinski definition) is 2. The van der Waals surface area contributed by atoms with E-state index in [4.69, 9.17) is 5.73 Å². The normalized spacial score (nSPS) is 11.2. The van der Waals surface area contributed by atoms with Crippen LogP contribution in [0.1, 0.15) is 23.2 Å². The lowest BCUT2D eigenvalue weighted by molar-refractivity contribution is 0.746. The molecule has 0 saturated heterocycles. The highest BCUT2D eigenvalue weighted by atomic mass is 32.1. The minimum absolute atomic E-state index is 0.718. The Bertz CT molecular complexity index is 787. The van der Waals surface area contributed by atoms with Gasteiger partial charge in [-0.3, -0.25) is 4.68 Å². The highest BCUT2D eigenvalue weighted by molar-refractivity contribution is 7.18. The second-order valence-corrected chi connectivity index (χ2v) is 6.36. The Morgan fingerprint density at radius 1 is 1.38 bits per heavy atom. The minimum Gasteiger partial charge on any atom is -0.397 e. The number of nitrogens with zero attached hydrogens (tertiary/aromatic N) is 3. The van der Waals surface area contributed by atoms with Gasteiger partial charge < -0.3 is 11.1 Å². The van der Waals surface area contributed by atoms with Crippen LogP contribution in [0.15, 0.2) is 18.3 Å². The highest BCUT2D eigenvalue weighted by Crippen LogP contribution is 2.30. The van der Waals surface area contributed by atoms with Crippen molar-refractivity contribution in [3.8, 4) is 0 Å². The maximum atomic E-state index is 6.13. The standard InChI is InChI=1S/C15H19N5S/c1-4-12-10(8-20(3)19-12)7-17-13-6-14-15(5-11(13)16)21-9(2)18-14/h5-6,8,17H,4,7,16H2,1-3H3. The molecule has 3 rings (SSSR count). The molecular formula is C15H19N5S. The molecule has 0 aliphatic rings. The van der Waals surface area contributed by atoms with Gasteiger partial charge in [-0.15, -0.1) is 11.3 Å². The molecule has 3 aromatic rings. The van der Waals surface area contributed by atoms with Gasteiger partial charge in [-0.2, -0.15) is 5.10 Å². The van der Waals surface area contributed by atoms with E-state index < -0.39 is 0 Å². The molecule has 5 nitrogen and oxygen atoms in total. The average molecular weight is 301 g/mol. The van der Waals surface area contributed by atoms with E-state index in [0.717, 1.165) is 45.3 Å². The van der Waals surface area contributed by atoms with Crippen LogP contribution in [0.3, 0.4) is 0 Å². The van der Waals surface area contributed by atoms with Crippen LogP contribution < -0.4 is 11.1 Å². The third-order valence-corrected chi connectivity index (χ3v) is 4.40. The Labute approximate surface area is 127 Å². The molecule has 0 atom stereocenters. The van der Waals surface area contributed by atoms with E-state index in [1.165, 1.54) is 5.56 Å². The van der Waals surface area contributed by atoms with Crippen LogP contribution in [0.25, 0.3) is 10.2 Å². The number of benzene rings is 1. The minimum atomic E-state index is 0.718. The third-order valence-electron chi connectivity index (χ3n) is 3.46. The zero-order valence-corrected chi connectivity index (χ0v) is 13.3. The van der Waals surface area contributed by atoms with Gasteiger partial charge in [-0.1, -0.05) is 6.92 Å². The second kappa shape index (κ2) is 5.37. The Morgan fingerprint density at radius 3 is 2.95 bits per heavy atom. The molecule has 110 valence electrons. The number of anilines is 2. The molecular weight excluding hydrogens is 282 g/mol. The van der Waals surface area contributed by atoms with Crippen LogP contribution in [0.4, 0.5) is 11.4 Å². The summed E-state index contributed by atoms with van der Waals surface area (Å²) < 4.78 is 2.98. The first kappa shape index (κ1) is 13.9. The number of aryl methyl sites for hydroxylation is 3. The summed E-state index contributed by atoms with van der Waals surface area (Å²) in [7, 11) is 1.95. The van der Waals surface area contributed by atoms with Crippen molar-refractivity contribution in [2.45, 2.75) is 26.8 Å². The quantitative estimate of drug-likeness (QED) is 0.727. The molecule has 2 aromatic heterocycles. The van der Waals surface area contributed by atoms with Crippen LogP contribution in [0.2, 0.25) is 0 Å². The maximum Gasteiger partial charge on any atom is 0.0907 e. The molecule has 0 unspecified atom stereocenters. The molecule has 0 radical (unpaired) electrons. The Hall–Kier alpha value is -2.08. The molecule has 0 amide bonds. The lowest BCUT2D eigenvalue weighted by atomic mass is 10.2. The molecule has 3 N–H and O–H groups in total. The summed E-state index contributed by atoms with van der Waals surface area (Å²) in [6.45, 7) is 4.84. The fraction of sp³-hybridized carbons (Fsp3) is 0.333. The first-order chi connectivity index (χ1) is 10.1. The molecule has 21 heavy (non-hydrogen) atoms. The summed E-state index contributed by atoms with van der Waals surface area (Å²) in [5.74, 6) is 0. The fourth-order valence-electron chi connectivity index (χ4n) is 2.48. The van der Waals surface area contributed by atoms with Crippen molar-refractivity contribution in [3.05, 3.63) is 34.6 Å². The number of rotatable bonds is 4. The van der Waals surface area contributed by atoms with E-state index in [2.05, 4.69) is 22.3 Å². The zero-order valence-electron chi connectivity index (χ0n) is 12.5. The second-order valence-electron chi connectivity index (χ2n) is 5.12. The molecule has 6 heteroatoms. The molecule has 0 bridgehead atoms. The highest BCUT2D eigenvalue weighted by Gasteiger charge is 2.09. The smallest absolute Gasteiger partial charge is 0.0907 e. The molecule has 0 spiro atoms. The van der Waals surface area contributed by atoms with Gasteiger partial charge in [0.1, 0.15) is 0 Å². The first-order valence-electron chi connectivity index (χ1n) is 6.98. The van der Waals surface area contributed by atoms with Crippen molar-refractivity contribution in [2.24, 2.45) is 7.05 Å². The monoisotopic (exact) mass is 301 g/mol. The number of nitrogens with two attached hydrogens (primary N) is 1. The lowest BCUT2D eigenvalue weighted by Gasteiger charge is -2.09. The van der Waals surface area contributed by atoms with Gasteiger partial charge in [0.25, 0.3) is 0 Å². The molecule has 0 saturated carbocycles. The average Bonchev–Trinajstić information content (AvgIpc) is 2.97. The molecule has 2 heterocycles. The fourth-order valence-corrected chi connectivity index (χ4v) is 3.33. The van der Waals surface area contributed by atoms with Gasteiger partial charge in [0, 0.05) is 25.4 Å². The number of aromatic nitrogens is 3. The van der Waals surface area contributed by atoms with Gasteiger partial charge >= 0.3 is 0 Å². The number of thiazole rings is 1. The first-order valence-corrected chi connectivity index (χ1v) is 7.80. The van der Waals surface area contributed by atoms with E-state index in [1.54, 1.807) is 11.3 Å². The third kappa shape index (κ3) is 2.71. The number of nitrogens with one attached hydrogen (secondary N) is 1. The van der Waals surface area contributed by atoms with Crippen LogP contribution >= 0.6 is 11.3 Å². The lowest BCUT2D eigenvalue weighted by Crippen LogP contribution is -2.03. The maximum absolute atomic E-state index is 6.13. The van der Waals surface area contributed by atoms with Crippen molar-refractivity contribution in [2.75, 3.05) is 11.1 Å². The van der Waals surface area contributed by atoms with Gasteiger partial charge in [-0.05, 0) is 25.5 Å². The molecule has 0 aliphatic carbocycles. The Kier molecular flexibility index (Phi) is 3.55. The topological polar surface area (TPSA) is 68.8 Å². The predicted octanol–water partition coefficient (Wildman–Crippen LogP) is 3.09. The van der Waals surface area contributed by atoms with E-state index in [9.17, 15) is 0 Å². The molecule has 1 aromatic carbocycles. The summed E-state index contributed by atoms with van der Waals surface area (Å²) in [6.07, 6.45) is 2.98. The van der Waals surface area contributed by atoms with Gasteiger partial charge in [0.05, 0.1) is 32.3 Å². The SMILES string of the molecule is CCc1nn(C)cc1CNc1cc2nc(C)sc2cc1N. The van der Waals surface area contributed by atoms with Gasteiger partial charge in [-0.25, -0.2) is 4.98 Å². The number of nitrogen functional groups attached to an aromatic ring is 1. The van der Waals surface area contributed by atoms with Crippen molar-refractivity contribution in [3.63, 3.8) is 0 Å². The van der Waals surface area contributed by atoms with E-state index in [1.807, 2.05) is 37.0 Å². The summed E-state index contributed by atoms with van der Waals surface area (Å²) in [4.78, 5) is 4.51. The van der Waals surface area contributed by atoms with Gasteiger partial charge in [0.15, 0.2) is 0 Å². The zero-order chi connectivity index (χ0) is 15.0. The van der Waals surface area contributed by atoms with E-state index in [-0.39, 0.29) is 0 Å². The van der Waals surface area contributed by atoms with Crippen LogP contribution in [0, 0.1) is 6.92 Å². The van der Waals surface area contributed by atoms with Crippen molar-refractivity contribution < 1.29 is 0 Å². The largest absolute Gasteiger partial charge is 0.397 e. The van der Waals surface area contributed by atoms with Gasteiger partial charge in [0.2, 0.25) is 0 Å². The van der Waals surface area contributed by atoms with E-state index >= 15 is 0 Å². The summed E-state index contributed by atoms with van der Waals surface area (Å²) in [5, 5.41) is 8.91. The van der Waals surface area contributed by atoms with Crippen LogP contribution in [0.5, 0.6) is 0 Å². The number of fused-ring (bicyclic) bond motifs is 1. The molecule has 0 aliphatic heterocycles. The Balaban J connectivity index is 1.85. The molecule has 0 fully saturated rings. The van der Waals surface area contributed by atoms with Crippen LogP contribution in [-0.4, -0.2) is 14.8 Å². The van der Waals surface area contributed by atoms with E-state index in [0.29, 0.717) is 0 Å². The number of hydrogen-bond acceptors (Lipinski definition) is 5. The Morgan fingerprint density at radius 2 is 2.19 bits per heavy atom. The van der Waals surface area contributed by atoms with Crippen molar-refractivity contribution in [1.29, 1.82) is 0 Å². The summed E-state index contributed by atoms with van der Waals surface area (Å²) in [6, 6.07) is 4.02. The van der Waals surface area contributed by atoms with Crippen molar-refractivity contribution >= 4 is 32.9 Å². The van der Waals surface area contributed by atoms with Crippen molar-refractivity contribution in [1.82, 2.24) is 14.8 Å².